The Hall–Kier alpha value is -9.29. The second-order valence-electron chi connectivity index (χ2n) is 24.4. The summed E-state index contributed by atoms with van der Waals surface area (Å²) in [6.45, 7) is 12.7. The molecule has 13 atom stereocenters. The van der Waals surface area contributed by atoms with Gasteiger partial charge in [-0.15, -0.1) is 0 Å². The molecule has 0 bridgehead atoms. The molecule has 2 rings (SSSR count). The van der Waals surface area contributed by atoms with E-state index in [0.29, 0.717) is 12.8 Å². The quantitative estimate of drug-likeness (QED) is 0.0154. The molecule has 2 aliphatic heterocycles. The minimum Gasteiger partial charge on any atom is -0.481 e. The van der Waals surface area contributed by atoms with Gasteiger partial charge in [-0.25, -0.2) is 4.79 Å². The highest BCUT2D eigenvalue weighted by molar-refractivity contribution is 6.01. The Kier molecular flexibility index (Phi) is 33.2. The maximum absolute atomic E-state index is 14.4. The number of amides is 14. The SMILES string of the molecule is CC(C)C[C@H](NC(=O)[C@H](CC(=O)O)NC(=O)[C@H](CO)NC(=O)[C@@H](NC(=O)[C@H](C)NC(=O)[C@H](C)NC(=O)[C@@H](N)CC(C)C)C(C)C)C(=O)N[C@@H](CC(N)=O)C(=O)N1CCC[C@H]1C(=O)N[C@@H](CC(N)=O)C(=O)N[C@@H](C)C(=O)N1CCC[C@H]1C(=O)N[C@@H](CCCN=C(N)N)C(=O)O. The average molecular weight is 1340 g/mol. The van der Waals surface area contributed by atoms with Gasteiger partial charge in [0.15, 0.2) is 5.96 Å². The van der Waals surface area contributed by atoms with E-state index in [1.807, 2.05) is 13.8 Å². The van der Waals surface area contributed by atoms with E-state index in [4.69, 9.17) is 28.7 Å². The minimum atomic E-state index is -2.02. The third kappa shape index (κ3) is 26.7. The van der Waals surface area contributed by atoms with Crippen LogP contribution in [0.2, 0.25) is 0 Å². The molecule has 0 aromatic rings. The topological polar surface area (TPSA) is 603 Å². The summed E-state index contributed by atoms with van der Waals surface area (Å²) in [6.07, 6.45) is -2.02. The first-order valence-corrected chi connectivity index (χ1v) is 30.9. The number of guanidine groups is 1. The molecule has 37 nitrogen and oxygen atoms in total. The first kappa shape index (κ1) is 80.8. The van der Waals surface area contributed by atoms with Gasteiger partial charge in [0.1, 0.15) is 72.5 Å². The number of aliphatic hydroxyl groups is 1. The molecule has 14 amide bonds. The molecule has 23 N–H and O–H groups in total. The number of carboxylic acid groups (broad SMARTS) is 2. The summed E-state index contributed by atoms with van der Waals surface area (Å²) in [6, 6.07) is -19.2. The second kappa shape index (κ2) is 38.7. The number of rotatable bonds is 39. The molecular weight excluding hydrogens is 1240 g/mol. The smallest absolute Gasteiger partial charge is 0.326 e. The van der Waals surface area contributed by atoms with Gasteiger partial charge < -0.3 is 107 Å². The number of hydrogen-bond acceptors (Lipinski definition) is 19. The van der Waals surface area contributed by atoms with E-state index in [-0.39, 0.29) is 70.0 Å². The number of hydrogen-bond donors (Lipinski definition) is 18. The number of primary amides is 2. The van der Waals surface area contributed by atoms with Crippen LogP contribution in [0, 0.1) is 17.8 Å². The summed E-state index contributed by atoms with van der Waals surface area (Å²) in [7, 11) is 0. The Labute approximate surface area is 543 Å². The van der Waals surface area contributed by atoms with Crippen LogP contribution in [-0.2, 0) is 76.7 Å². The molecule has 528 valence electrons. The lowest BCUT2D eigenvalue weighted by Gasteiger charge is -2.31. The van der Waals surface area contributed by atoms with Crippen LogP contribution in [0.15, 0.2) is 4.99 Å². The van der Waals surface area contributed by atoms with E-state index < -0.39 is 211 Å². The summed E-state index contributed by atoms with van der Waals surface area (Å²) in [5.41, 5.74) is 27.5. The maximum atomic E-state index is 14.4. The highest BCUT2D eigenvalue weighted by Crippen LogP contribution is 2.22. The predicted molar refractivity (Wildman–Crippen MR) is 332 cm³/mol. The number of likely N-dealkylation sites (tertiary alicyclic amines) is 2. The zero-order valence-electron chi connectivity index (χ0n) is 54.4. The number of carbonyl (C=O) groups is 16. The highest BCUT2D eigenvalue weighted by Gasteiger charge is 2.43. The zero-order valence-corrected chi connectivity index (χ0v) is 54.4. The van der Waals surface area contributed by atoms with Crippen molar-refractivity contribution in [1.82, 2.24) is 63.0 Å². The van der Waals surface area contributed by atoms with Crippen LogP contribution in [0.4, 0.5) is 0 Å². The molecule has 0 spiro atoms. The maximum Gasteiger partial charge on any atom is 0.326 e. The van der Waals surface area contributed by atoms with E-state index in [1.165, 1.54) is 34.6 Å². The number of aliphatic imine (C=N–C) groups is 1. The Morgan fingerprint density at radius 3 is 1.38 bits per heavy atom. The molecule has 2 saturated heterocycles. The van der Waals surface area contributed by atoms with Gasteiger partial charge in [-0.1, -0.05) is 41.5 Å². The van der Waals surface area contributed by atoms with Crippen molar-refractivity contribution < 1.29 is 92.0 Å². The van der Waals surface area contributed by atoms with Crippen LogP contribution in [0.3, 0.4) is 0 Å². The van der Waals surface area contributed by atoms with Crippen molar-refractivity contribution in [3.05, 3.63) is 0 Å². The van der Waals surface area contributed by atoms with E-state index in [9.17, 15) is 92.0 Å². The molecule has 94 heavy (non-hydrogen) atoms. The first-order valence-electron chi connectivity index (χ1n) is 30.9. The van der Waals surface area contributed by atoms with Crippen molar-refractivity contribution in [3.8, 4) is 0 Å². The van der Waals surface area contributed by atoms with Crippen molar-refractivity contribution in [2.45, 2.75) is 211 Å². The van der Waals surface area contributed by atoms with E-state index >= 15 is 0 Å². The highest BCUT2D eigenvalue weighted by atomic mass is 16.4. The van der Waals surface area contributed by atoms with Crippen molar-refractivity contribution in [2.75, 3.05) is 26.2 Å². The van der Waals surface area contributed by atoms with Gasteiger partial charge in [0.05, 0.1) is 31.9 Å². The molecule has 0 saturated carbocycles. The number of nitrogens with zero attached hydrogens (tertiary/aromatic N) is 3. The summed E-state index contributed by atoms with van der Waals surface area (Å²) in [5, 5.41) is 53.4. The normalized spacial score (nSPS) is 17.9. The number of aliphatic carboxylic acids is 2. The van der Waals surface area contributed by atoms with E-state index in [1.54, 1.807) is 13.8 Å². The average Bonchev–Trinajstić information content (AvgIpc) is 1.60. The van der Waals surface area contributed by atoms with Crippen molar-refractivity contribution in [2.24, 2.45) is 51.4 Å². The van der Waals surface area contributed by atoms with Crippen LogP contribution in [-0.4, -0.2) is 231 Å². The molecular formula is C57H96N18O19. The molecule has 37 heteroatoms. The summed E-state index contributed by atoms with van der Waals surface area (Å²) in [4.78, 5) is 218. The van der Waals surface area contributed by atoms with Crippen LogP contribution in [0.5, 0.6) is 0 Å². The second-order valence-corrected chi connectivity index (χ2v) is 24.4. The number of carbonyl (C=O) groups excluding carboxylic acids is 14. The van der Waals surface area contributed by atoms with E-state index in [0.717, 1.165) is 9.80 Å². The number of nitrogens with two attached hydrogens (primary N) is 5. The summed E-state index contributed by atoms with van der Waals surface area (Å²) in [5.74, 6) is -18.2. The van der Waals surface area contributed by atoms with Gasteiger partial charge in [0.2, 0.25) is 82.7 Å². The summed E-state index contributed by atoms with van der Waals surface area (Å²) >= 11 is 0. The van der Waals surface area contributed by atoms with Crippen LogP contribution >= 0.6 is 0 Å². The number of carboxylic acids is 2. The fourth-order valence-electron chi connectivity index (χ4n) is 10.1. The molecule has 0 unspecified atom stereocenters. The Morgan fingerprint density at radius 1 is 0.468 bits per heavy atom. The lowest BCUT2D eigenvalue weighted by atomic mass is 10.0. The number of nitrogens with one attached hydrogen (secondary N) is 10. The largest absolute Gasteiger partial charge is 0.481 e. The fourth-order valence-corrected chi connectivity index (χ4v) is 10.1. The monoisotopic (exact) mass is 1340 g/mol. The lowest BCUT2D eigenvalue weighted by molar-refractivity contribution is -0.145. The van der Waals surface area contributed by atoms with Gasteiger partial charge in [-0.05, 0) is 89.9 Å². The third-order valence-corrected chi connectivity index (χ3v) is 15.0. The van der Waals surface area contributed by atoms with Crippen LogP contribution < -0.4 is 81.8 Å². The Bertz CT molecular complexity index is 2800. The van der Waals surface area contributed by atoms with Crippen molar-refractivity contribution >= 4 is 101 Å². The molecule has 2 aliphatic rings. The van der Waals surface area contributed by atoms with E-state index in [2.05, 4.69) is 58.2 Å². The van der Waals surface area contributed by atoms with Crippen LogP contribution in [0.25, 0.3) is 0 Å². The Balaban J connectivity index is 2.26. The Morgan fingerprint density at radius 2 is 0.894 bits per heavy atom. The fraction of sp³-hybridized carbons (Fsp3) is 0.702. The first-order chi connectivity index (χ1) is 43.8. The molecule has 0 radical (unpaired) electrons. The van der Waals surface area contributed by atoms with Gasteiger partial charge in [-0.2, -0.15) is 0 Å². The molecule has 0 aliphatic carbocycles. The van der Waals surface area contributed by atoms with Gasteiger partial charge >= 0.3 is 11.9 Å². The zero-order chi connectivity index (χ0) is 71.6. The van der Waals surface area contributed by atoms with Crippen LogP contribution in [0.1, 0.15) is 133 Å². The molecule has 0 aromatic carbocycles. The minimum absolute atomic E-state index is 0.0426. The number of aliphatic hydroxyl groups excluding tert-OH is 1. The predicted octanol–water partition coefficient (Wildman–Crippen LogP) is -7.69. The van der Waals surface area contributed by atoms with Gasteiger partial charge in [-0.3, -0.25) is 76.9 Å². The summed E-state index contributed by atoms with van der Waals surface area (Å²) < 4.78 is 0. The lowest BCUT2D eigenvalue weighted by Crippen LogP contribution is -2.61. The van der Waals surface area contributed by atoms with Crippen molar-refractivity contribution in [1.29, 1.82) is 0 Å². The van der Waals surface area contributed by atoms with Gasteiger partial charge in [0, 0.05) is 19.6 Å². The van der Waals surface area contributed by atoms with Crippen molar-refractivity contribution in [3.63, 3.8) is 0 Å². The van der Waals surface area contributed by atoms with Gasteiger partial charge in [0.25, 0.3) is 0 Å². The standard InChI is InChI=1S/C57H96N18O19/c1-25(2)19-31(58)46(83)65-28(7)44(81)64-29(8)45(82)73-43(27(5)6)53(90)72-37(24-76)50(87)69-35(23-42(79)80)49(86)68-33(20-26(3)4)48(85)71-36(22-41(60)78)55(92)75-18-12-15-39(75)52(89)70-34(21-40(59)77)47(84)66-30(9)54(91)74-17-11-14-38(74)51(88)67-32(56(93)94)13-10-16-63-57(61)62/h25-39,43,76H,10-24,58H2,1-9H3,(H2,59,77)(H2,60,78)(H,64,81)(H,65,83)(H,66,84)(H,67,88)(H,68,86)(H,69,87)(H,70,89)(H,71,85)(H,72,90)(H,73,82)(H,79,80)(H,93,94)(H4,61,62,63)/t28-,29-,30-,31-,32-,33-,34-,35-,36-,37-,38-,39-,43-/m0/s1. The molecule has 2 heterocycles. The molecule has 0 aromatic heterocycles. The third-order valence-electron chi connectivity index (χ3n) is 15.0. The molecule has 2 fully saturated rings.